The average molecular weight is 190 g/mol. The molecule has 1 heteroatoms. The van der Waals surface area contributed by atoms with Crippen molar-refractivity contribution in [1.29, 1.82) is 0 Å². The molecule has 2 rings (SSSR count). The fraction of sp³-hybridized carbons (Fsp3) is 0.333. The van der Waals surface area contributed by atoms with Crippen molar-refractivity contribution in [3.05, 3.63) is 46.4 Å². The summed E-state index contributed by atoms with van der Waals surface area (Å²) >= 11 is 1.99. The van der Waals surface area contributed by atoms with Crippen molar-refractivity contribution in [1.82, 2.24) is 0 Å². The van der Waals surface area contributed by atoms with Crippen LogP contribution < -0.4 is 0 Å². The maximum Gasteiger partial charge on any atom is 0.0375 e. The molecule has 1 aromatic carbocycles. The van der Waals surface area contributed by atoms with Crippen LogP contribution in [0.15, 0.2) is 35.2 Å². The van der Waals surface area contributed by atoms with Crippen LogP contribution in [-0.4, -0.2) is 0 Å². The number of benzene rings is 1. The number of thioether (sulfide) groups is 1. The molecule has 13 heavy (non-hydrogen) atoms. The summed E-state index contributed by atoms with van der Waals surface area (Å²) in [6.07, 6.45) is 3.52. The van der Waals surface area contributed by atoms with Crippen LogP contribution in [0.2, 0.25) is 0 Å². The number of hydrogen-bond donors (Lipinski definition) is 0. The highest BCUT2D eigenvalue weighted by Crippen LogP contribution is 2.43. The van der Waals surface area contributed by atoms with Crippen molar-refractivity contribution >= 4 is 11.8 Å². The molecule has 0 spiro atoms. The molecule has 68 valence electrons. The molecule has 0 nitrogen and oxygen atoms in total. The summed E-state index contributed by atoms with van der Waals surface area (Å²) < 4.78 is 0. The second kappa shape index (κ2) is 3.59. The molecule has 0 radical (unpaired) electrons. The van der Waals surface area contributed by atoms with Gasteiger partial charge in [-0.3, -0.25) is 0 Å². The number of aryl methyl sites for hydroxylation is 1. The molecule has 0 aromatic heterocycles. The van der Waals surface area contributed by atoms with Crippen LogP contribution in [0.1, 0.15) is 29.7 Å². The van der Waals surface area contributed by atoms with Gasteiger partial charge in [0.15, 0.2) is 0 Å². The van der Waals surface area contributed by atoms with Gasteiger partial charge in [-0.2, -0.15) is 0 Å². The molecule has 1 aliphatic heterocycles. The largest absolute Gasteiger partial charge is 0.123 e. The van der Waals surface area contributed by atoms with Crippen molar-refractivity contribution in [2.24, 2.45) is 0 Å². The first-order valence-electron chi connectivity index (χ1n) is 4.66. The van der Waals surface area contributed by atoms with Gasteiger partial charge < -0.3 is 0 Å². The van der Waals surface area contributed by atoms with Gasteiger partial charge in [0.1, 0.15) is 0 Å². The van der Waals surface area contributed by atoms with E-state index in [9.17, 15) is 0 Å². The van der Waals surface area contributed by atoms with Crippen molar-refractivity contribution in [2.75, 3.05) is 0 Å². The minimum absolute atomic E-state index is 0.667. The second-order valence-electron chi connectivity index (χ2n) is 3.57. The molecule has 1 unspecified atom stereocenters. The second-order valence-corrected chi connectivity index (χ2v) is 5.02. The first kappa shape index (κ1) is 8.89. The van der Waals surface area contributed by atoms with Gasteiger partial charge in [-0.15, -0.1) is 11.8 Å². The Balaban J connectivity index is 2.14. The minimum Gasteiger partial charge on any atom is -0.123 e. The first-order chi connectivity index (χ1) is 6.25. The topological polar surface area (TPSA) is 0 Å². The maximum absolute atomic E-state index is 2.33. The SMILES string of the molecule is CC1=CCC(c2ccc(C)cc2)S1. The van der Waals surface area contributed by atoms with Gasteiger partial charge in [-0.25, -0.2) is 0 Å². The summed E-state index contributed by atoms with van der Waals surface area (Å²) in [5.74, 6) is 0. The zero-order chi connectivity index (χ0) is 9.26. The molecule has 1 aliphatic rings. The fourth-order valence-corrected chi connectivity index (χ4v) is 2.71. The van der Waals surface area contributed by atoms with Crippen molar-refractivity contribution in [2.45, 2.75) is 25.5 Å². The Morgan fingerprint density at radius 2 is 1.85 bits per heavy atom. The zero-order valence-corrected chi connectivity index (χ0v) is 8.90. The molecule has 1 atom stereocenters. The van der Waals surface area contributed by atoms with E-state index in [1.165, 1.54) is 22.5 Å². The van der Waals surface area contributed by atoms with Gasteiger partial charge in [0.2, 0.25) is 0 Å². The third kappa shape index (κ3) is 1.97. The summed E-state index contributed by atoms with van der Waals surface area (Å²) in [6, 6.07) is 8.89. The fourth-order valence-electron chi connectivity index (χ4n) is 1.58. The summed E-state index contributed by atoms with van der Waals surface area (Å²) in [5.41, 5.74) is 2.81. The van der Waals surface area contributed by atoms with E-state index < -0.39 is 0 Å². The van der Waals surface area contributed by atoms with Crippen molar-refractivity contribution in [3.63, 3.8) is 0 Å². The van der Waals surface area contributed by atoms with E-state index in [0.29, 0.717) is 5.25 Å². The maximum atomic E-state index is 2.33. The summed E-state index contributed by atoms with van der Waals surface area (Å²) in [5, 5.41) is 0.667. The lowest BCUT2D eigenvalue weighted by Crippen LogP contribution is -1.88. The van der Waals surface area contributed by atoms with Crippen molar-refractivity contribution in [3.8, 4) is 0 Å². The minimum atomic E-state index is 0.667. The van der Waals surface area contributed by atoms with Gasteiger partial charge in [-0.1, -0.05) is 35.9 Å². The highest BCUT2D eigenvalue weighted by Gasteiger charge is 2.16. The molecule has 0 N–H and O–H groups in total. The van der Waals surface area contributed by atoms with Crippen LogP contribution in [0.4, 0.5) is 0 Å². The molecule has 0 amide bonds. The number of rotatable bonds is 1. The summed E-state index contributed by atoms with van der Waals surface area (Å²) in [7, 11) is 0. The standard InChI is InChI=1S/C12H14S/c1-9-3-6-11(7-4-9)12-8-5-10(2)13-12/h3-7,12H,8H2,1-2H3. The van der Waals surface area contributed by atoms with Gasteiger partial charge in [0, 0.05) is 5.25 Å². The Kier molecular flexibility index (Phi) is 2.45. The monoisotopic (exact) mass is 190 g/mol. The Bertz CT molecular complexity index is 321. The van der Waals surface area contributed by atoms with Gasteiger partial charge >= 0.3 is 0 Å². The predicted molar refractivity (Wildman–Crippen MR) is 59.9 cm³/mol. The van der Waals surface area contributed by atoms with E-state index in [1.807, 2.05) is 11.8 Å². The Hall–Kier alpha value is -0.690. The van der Waals surface area contributed by atoms with Gasteiger partial charge in [0.25, 0.3) is 0 Å². The molecule has 0 aliphatic carbocycles. The van der Waals surface area contributed by atoms with Crippen LogP contribution in [0, 0.1) is 6.92 Å². The lowest BCUT2D eigenvalue weighted by molar-refractivity contribution is 0.988. The number of allylic oxidation sites excluding steroid dienone is 2. The molecule has 1 heterocycles. The van der Waals surface area contributed by atoms with E-state index in [4.69, 9.17) is 0 Å². The van der Waals surface area contributed by atoms with E-state index in [1.54, 1.807) is 0 Å². The highest BCUT2D eigenvalue weighted by atomic mass is 32.2. The molecule has 0 saturated carbocycles. The molecule has 0 saturated heterocycles. The molecule has 1 aromatic rings. The summed E-state index contributed by atoms with van der Waals surface area (Å²) in [6.45, 7) is 4.33. The average Bonchev–Trinajstić information content (AvgIpc) is 2.53. The van der Waals surface area contributed by atoms with Crippen LogP contribution in [0.3, 0.4) is 0 Å². The lowest BCUT2D eigenvalue weighted by Gasteiger charge is -2.09. The number of hydrogen-bond acceptors (Lipinski definition) is 1. The normalized spacial score (nSPS) is 21.7. The van der Waals surface area contributed by atoms with Gasteiger partial charge in [0.05, 0.1) is 0 Å². The van der Waals surface area contributed by atoms with E-state index in [0.717, 1.165) is 0 Å². The molecular formula is C12H14S. The van der Waals surface area contributed by atoms with Crippen LogP contribution in [-0.2, 0) is 0 Å². The van der Waals surface area contributed by atoms with Crippen molar-refractivity contribution < 1.29 is 0 Å². The van der Waals surface area contributed by atoms with Crippen LogP contribution >= 0.6 is 11.8 Å². The highest BCUT2D eigenvalue weighted by molar-refractivity contribution is 8.03. The molecule has 0 bridgehead atoms. The first-order valence-corrected chi connectivity index (χ1v) is 5.53. The molecular weight excluding hydrogens is 176 g/mol. The van der Waals surface area contributed by atoms with Crippen LogP contribution in [0.25, 0.3) is 0 Å². The quantitative estimate of drug-likeness (QED) is 0.643. The zero-order valence-electron chi connectivity index (χ0n) is 8.08. The van der Waals surface area contributed by atoms with E-state index in [-0.39, 0.29) is 0 Å². The third-order valence-electron chi connectivity index (χ3n) is 2.40. The Morgan fingerprint density at radius 1 is 1.15 bits per heavy atom. The summed E-state index contributed by atoms with van der Waals surface area (Å²) in [4.78, 5) is 1.46. The van der Waals surface area contributed by atoms with E-state index >= 15 is 0 Å². The van der Waals surface area contributed by atoms with E-state index in [2.05, 4.69) is 44.2 Å². The third-order valence-corrected chi connectivity index (χ3v) is 3.68. The Labute approximate surface area is 84.0 Å². The smallest absolute Gasteiger partial charge is 0.0375 e. The lowest BCUT2D eigenvalue weighted by atomic mass is 10.1. The Morgan fingerprint density at radius 3 is 2.38 bits per heavy atom. The van der Waals surface area contributed by atoms with Crippen LogP contribution in [0.5, 0.6) is 0 Å². The molecule has 0 fully saturated rings. The predicted octanol–water partition coefficient (Wildman–Crippen LogP) is 4.08. The van der Waals surface area contributed by atoms with Gasteiger partial charge in [-0.05, 0) is 30.7 Å².